The molecule has 2 fully saturated rings. The number of carbonyl (C=O) groups excluding carboxylic acids is 2. The van der Waals surface area contributed by atoms with Crippen molar-refractivity contribution in [3.63, 3.8) is 0 Å². The number of amides is 2. The number of hydrogen-bond acceptors (Lipinski definition) is 5. The summed E-state index contributed by atoms with van der Waals surface area (Å²) in [6, 6.07) is 19.1. The first-order valence-corrected chi connectivity index (χ1v) is 12.4. The fourth-order valence-electron chi connectivity index (χ4n) is 4.97. The zero-order chi connectivity index (χ0) is 23.9. The zero-order valence-electron chi connectivity index (χ0n) is 20.4. The third-order valence-electron chi connectivity index (χ3n) is 7.02. The maximum absolute atomic E-state index is 12.6. The van der Waals surface area contributed by atoms with Crippen molar-refractivity contribution in [2.24, 2.45) is 0 Å². The average molecular weight is 464 g/mol. The van der Waals surface area contributed by atoms with E-state index in [0.717, 1.165) is 63.1 Å². The summed E-state index contributed by atoms with van der Waals surface area (Å²) in [4.78, 5) is 31.9. The Morgan fingerprint density at radius 3 is 2.18 bits per heavy atom. The van der Waals surface area contributed by atoms with Crippen LogP contribution < -0.4 is 20.4 Å². The van der Waals surface area contributed by atoms with Gasteiger partial charge in [-0.2, -0.15) is 0 Å². The van der Waals surface area contributed by atoms with Gasteiger partial charge >= 0.3 is 11.8 Å². The van der Waals surface area contributed by atoms with Gasteiger partial charge in [-0.05, 0) is 42.7 Å². The normalized spacial score (nSPS) is 17.9. The minimum absolute atomic E-state index is 0.0115. The number of piperazine rings is 1. The van der Waals surface area contributed by atoms with E-state index in [1.807, 2.05) is 20.2 Å². The standard InChI is InChI=1S/C27H37N5O2/c1-30(2)23-14-12-21(13-15-23)25(20-28-26(33)27(34)29-22-8-6-7-9-22)32-18-16-31(17-19-32)24-10-4-3-5-11-24/h3-5,10-15,22,25H,6-9,16-20H2,1-2H3,(H,28,33)(H,29,34). The van der Waals surface area contributed by atoms with Crippen LogP contribution in [0.1, 0.15) is 37.3 Å². The van der Waals surface area contributed by atoms with Crippen LogP contribution in [0.15, 0.2) is 54.6 Å². The molecular weight excluding hydrogens is 426 g/mol. The van der Waals surface area contributed by atoms with Crippen molar-refractivity contribution >= 4 is 23.2 Å². The van der Waals surface area contributed by atoms with E-state index < -0.39 is 11.8 Å². The second-order valence-corrected chi connectivity index (χ2v) is 9.53. The quantitative estimate of drug-likeness (QED) is 0.618. The fraction of sp³-hybridized carbons (Fsp3) is 0.481. The number of anilines is 2. The number of hydrogen-bond donors (Lipinski definition) is 2. The van der Waals surface area contributed by atoms with Crippen molar-refractivity contribution in [2.45, 2.75) is 37.8 Å². The second kappa shape index (κ2) is 11.4. The molecule has 0 bridgehead atoms. The summed E-state index contributed by atoms with van der Waals surface area (Å²) >= 11 is 0. The molecule has 0 spiro atoms. The van der Waals surface area contributed by atoms with Crippen LogP contribution in [0.25, 0.3) is 0 Å². The minimum Gasteiger partial charge on any atom is -0.378 e. The van der Waals surface area contributed by atoms with E-state index in [-0.39, 0.29) is 12.1 Å². The summed E-state index contributed by atoms with van der Waals surface area (Å²) in [7, 11) is 4.05. The number of para-hydroxylation sites is 1. The highest BCUT2D eigenvalue weighted by molar-refractivity contribution is 6.35. The highest BCUT2D eigenvalue weighted by Crippen LogP contribution is 2.26. The fourth-order valence-corrected chi connectivity index (χ4v) is 4.97. The number of carbonyl (C=O) groups is 2. The second-order valence-electron chi connectivity index (χ2n) is 9.53. The van der Waals surface area contributed by atoms with Crippen LogP contribution in [-0.2, 0) is 9.59 Å². The molecule has 7 nitrogen and oxygen atoms in total. The monoisotopic (exact) mass is 463 g/mol. The van der Waals surface area contributed by atoms with Crippen LogP contribution in [0.4, 0.5) is 11.4 Å². The number of nitrogens with one attached hydrogen (secondary N) is 2. The van der Waals surface area contributed by atoms with Crippen molar-refractivity contribution in [1.29, 1.82) is 0 Å². The van der Waals surface area contributed by atoms with Gasteiger partial charge in [0.2, 0.25) is 0 Å². The molecule has 0 radical (unpaired) electrons. The molecule has 7 heteroatoms. The van der Waals surface area contributed by atoms with Crippen LogP contribution in [0.5, 0.6) is 0 Å². The van der Waals surface area contributed by atoms with Crippen molar-refractivity contribution in [1.82, 2.24) is 15.5 Å². The van der Waals surface area contributed by atoms with Gasteiger partial charge in [-0.3, -0.25) is 14.5 Å². The van der Waals surface area contributed by atoms with E-state index in [9.17, 15) is 9.59 Å². The molecule has 2 N–H and O–H groups in total. The molecule has 1 atom stereocenters. The van der Waals surface area contributed by atoms with Gasteiger partial charge in [-0.15, -0.1) is 0 Å². The van der Waals surface area contributed by atoms with Crippen molar-refractivity contribution in [3.8, 4) is 0 Å². The Kier molecular flexibility index (Phi) is 8.06. The molecule has 1 saturated heterocycles. The molecule has 1 unspecified atom stereocenters. The summed E-state index contributed by atoms with van der Waals surface area (Å²) in [5, 5.41) is 5.80. The van der Waals surface area contributed by atoms with Crippen LogP contribution in [0.2, 0.25) is 0 Å². The van der Waals surface area contributed by atoms with Crippen LogP contribution >= 0.6 is 0 Å². The SMILES string of the molecule is CN(C)c1ccc(C(CNC(=O)C(=O)NC2CCCC2)N2CCN(c3ccccc3)CC2)cc1. The van der Waals surface area contributed by atoms with Crippen molar-refractivity contribution in [3.05, 3.63) is 60.2 Å². The summed E-state index contributed by atoms with van der Waals surface area (Å²) in [5.41, 5.74) is 3.53. The first-order valence-electron chi connectivity index (χ1n) is 12.4. The van der Waals surface area contributed by atoms with Gasteiger partial charge in [0, 0.05) is 64.2 Å². The topological polar surface area (TPSA) is 67.9 Å². The van der Waals surface area contributed by atoms with Crippen LogP contribution in [-0.4, -0.2) is 69.6 Å². The molecule has 182 valence electrons. The van der Waals surface area contributed by atoms with Gasteiger partial charge in [0.05, 0.1) is 6.04 Å². The van der Waals surface area contributed by atoms with Crippen LogP contribution in [0.3, 0.4) is 0 Å². The van der Waals surface area contributed by atoms with Gasteiger partial charge in [0.15, 0.2) is 0 Å². The molecular formula is C27H37N5O2. The third-order valence-corrected chi connectivity index (χ3v) is 7.02. The number of rotatable bonds is 7. The predicted molar refractivity (Wildman–Crippen MR) is 137 cm³/mol. The van der Waals surface area contributed by atoms with E-state index in [1.54, 1.807) is 0 Å². The summed E-state index contributed by atoms with van der Waals surface area (Å²) in [5.74, 6) is -1.05. The molecule has 2 amide bonds. The Labute approximate surface area is 203 Å². The van der Waals surface area contributed by atoms with Crippen LogP contribution in [0, 0.1) is 0 Å². The highest BCUT2D eigenvalue weighted by Gasteiger charge is 2.27. The lowest BCUT2D eigenvalue weighted by Crippen LogP contribution is -2.51. The molecule has 2 aromatic carbocycles. The maximum Gasteiger partial charge on any atom is 0.309 e. The maximum atomic E-state index is 12.6. The first-order chi connectivity index (χ1) is 16.5. The van der Waals surface area contributed by atoms with Gasteiger partial charge in [0.25, 0.3) is 0 Å². The van der Waals surface area contributed by atoms with E-state index in [4.69, 9.17) is 0 Å². The Balaban J connectivity index is 1.41. The van der Waals surface area contributed by atoms with E-state index in [1.165, 1.54) is 5.69 Å². The van der Waals surface area contributed by atoms with E-state index in [0.29, 0.717) is 6.54 Å². The van der Waals surface area contributed by atoms with Crippen molar-refractivity contribution in [2.75, 3.05) is 56.6 Å². The van der Waals surface area contributed by atoms with Gasteiger partial charge < -0.3 is 20.4 Å². The van der Waals surface area contributed by atoms with Gasteiger partial charge in [0.1, 0.15) is 0 Å². The zero-order valence-corrected chi connectivity index (χ0v) is 20.4. The molecule has 34 heavy (non-hydrogen) atoms. The van der Waals surface area contributed by atoms with Crippen molar-refractivity contribution < 1.29 is 9.59 Å². The predicted octanol–water partition coefficient (Wildman–Crippen LogP) is 2.79. The Hall–Kier alpha value is -3.06. The molecule has 2 aliphatic rings. The molecule has 4 rings (SSSR count). The van der Waals surface area contributed by atoms with E-state index in [2.05, 4.69) is 73.9 Å². The highest BCUT2D eigenvalue weighted by atomic mass is 16.2. The molecule has 1 saturated carbocycles. The molecule has 0 aromatic heterocycles. The number of nitrogens with zero attached hydrogens (tertiary/aromatic N) is 3. The van der Waals surface area contributed by atoms with Gasteiger partial charge in [-0.25, -0.2) is 0 Å². The largest absolute Gasteiger partial charge is 0.378 e. The van der Waals surface area contributed by atoms with Gasteiger partial charge in [-0.1, -0.05) is 43.2 Å². The third kappa shape index (κ3) is 6.08. The average Bonchev–Trinajstić information content (AvgIpc) is 3.38. The Bertz CT molecular complexity index is 933. The molecule has 2 aromatic rings. The minimum atomic E-state index is -0.537. The van der Waals surface area contributed by atoms with E-state index >= 15 is 0 Å². The molecule has 1 aliphatic carbocycles. The Morgan fingerprint density at radius 2 is 1.56 bits per heavy atom. The summed E-state index contributed by atoms with van der Waals surface area (Å²) in [6.45, 7) is 4.03. The lowest BCUT2D eigenvalue weighted by Gasteiger charge is -2.40. The summed E-state index contributed by atoms with van der Waals surface area (Å²) < 4.78 is 0. The Morgan fingerprint density at radius 1 is 0.912 bits per heavy atom. The lowest BCUT2D eigenvalue weighted by atomic mass is 10.0. The lowest BCUT2D eigenvalue weighted by molar-refractivity contribution is -0.139. The summed E-state index contributed by atoms with van der Waals surface area (Å²) in [6.07, 6.45) is 4.16. The molecule has 1 aliphatic heterocycles. The molecule has 1 heterocycles. The first kappa shape index (κ1) is 24.1. The number of benzene rings is 2. The smallest absolute Gasteiger partial charge is 0.309 e.